The van der Waals surface area contributed by atoms with E-state index in [0.717, 1.165) is 12.5 Å². The zero-order valence-electron chi connectivity index (χ0n) is 11.4. The van der Waals surface area contributed by atoms with Gasteiger partial charge in [0.1, 0.15) is 0 Å². The lowest BCUT2D eigenvalue weighted by molar-refractivity contribution is 0.127. The Balaban J connectivity index is 1.66. The number of nitrogens with two attached hydrogens (primary N) is 1. The molecule has 0 aromatic carbocycles. The third-order valence-corrected chi connectivity index (χ3v) is 4.34. The normalized spacial score (nSPS) is 25.4. The van der Waals surface area contributed by atoms with Gasteiger partial charge in [-0.25, -0.2) is 0 Å². The van der Waals surface area contributed by atoms with E-state index >= 15 is 0 Å². The van der Waals surface area contributed by atoms with Crippen LogP contribution in [0.1, 0.15) is 12.8 Å². The Labute approximate surface area is 106 Å². The Kier molecular flexibility index (Phi) is 4.79. The summed E-state index contributed by atoms with van der Waals surface area (Å²) in [5.41, 5.74) is 5.88. The van der Waals surface area contributed by atoms with Crippen LogP contribution in [-0.4, -0.2) is 80.7 Å². The second kappa shape index (κ2) is 6.14. The Morgan fingerprint density at radius 2 is 1.88 bits per heavy atom. The van der Waals surface area contributed by atoms with Gasteiger partial charge in [-0.15, -0.1) is 0 Å². The van der Waals surface area contributed by atoms with Crippen LogP contribution in [0.4, 0.5) is 0 Å². The van der Waals surface area contributed by atoms with E-state index in [4.69, 9.17) is 5.73 Å². The van der Waals surface area contributed by atoms with Crippen molar-refractivity contribution in [3.63, 3.8) is 0 Å². The number of nitrogens with zero attached hydrogens (tertiary/aromatic N) is 3. The second-order valence-corrected chi connectivity index (χ2v) is 5.77. The van der Waals surface area contributed by atoms with Gasteiger partial charge in [0.05, 0.1) is 0 Å². The fourth-order valence-electron chi connectivity index (χ4n) is 2.75. The van der Waals surface area contributed by atoms with Crippen molar-refractivity contribution >= 4 is 0 Å². The number of hydrogen-bond acceptors (Lipinski definition) is 4. The summed E-state index contributed by atoms with van der Waals surface area (Å²) < 4.78 is 0. The molecule has 100 valence electrons. The summed E-state index contributed by atoms with van der Waals surface area (Å²) in [4.78, 5) is 7.47. The first-order chi connectivity index (χ1) is 8.20. The average molecular weight is 240 g/mol. The molecule has 1 aliphatic heterocycles. The van der Waals surface area contributed by atoms with Gasteiger partial charge in [0, 0.05) is 51.9 Å². The van der Waals surface area contributed by atoms with E-state index in [1.807, 2.05) is 0 Å². The first-order valence-corrected chi connectivity index (χ1v) is 7.02. The van der Waals surface area contributed by atoms with Gasteiger partial charge in [-0.3, -0.25) is 4.90 Å². The molecule has 1 aliphatic carbocycles. The highest BCUT2D eigenvalue weighted by Gasteiger charge is 2.32. The summed E-state index contributed by atoms with van der Waals surface area (Å²) >= 11 is 0. The highest BCUT2D eigenvalue weighted by atomic mass is 15.3. The molecule has 0 aromatic heterocycles. The number of hydrogen-bond donors (Lipinski definition) is 1. The van der Waals surface area contributed by atoms with Crippen LogP contribution in [0.25, 0.3) is 0 Å². The van der Waals surface area contributed by atoms with Crippen LogP contribution in [-0.2, 0) is 0 Å². The molecule has 0 spiro atoms. The average Bonchev–Trinajstić information content (AvgIpc) is 3.14. The first kappa shape index (κ1) is 13.3. The topological polar surface area (TPSA) is 35.7 Å². The van der Waals surface area contributed by atoms with E-state index in [0.29, 0.717) is 6.04 Å². The number of likely N-dealkylation sites (N-methyl/N-ethyl adjacent to an activating group) is 2. The van der Waals surface area contributed by atoms with Gasteiger partial charge in [-0.1, -0.05) is 0 Å². The summed E-state index contributed by atoms with van der Waals surface area (Å²) in [5, 5.41) is 0. The Morgan fingerprint density at radius 3 is 2.41 bits per heavy atom. The van der Waals surface area contributed by atoms with Crippen LogP contribution in [0.5, 0.6) is 0 Å². The summed E-state index contributed by atoms with van der Waals surface area (Å²) in [5.74, 6) is 0.887. The Hall–Kier alpha value is -0.160. The molecule has 1 unspecified atom stereocenters. The molecule has 0 radical (unpaired) electrons. The Morgan fingerprint density at radius 1 is 1.24 bits per heavy atom. The van der Waals surface area contributed by atoms with E-state index in [-0.39, 0.29) is 0 Å². The maximum atomic E-state index is 5.88. The predicted molar refractivity (Wildman–Crippen MR) is 72.1 cm³/mol. The van der Waals surface area contributed by atoms with Gasteiger partial charge in [-0.05, 0) is 32.9 Å². The van der Waals surface area contributed by atoms with Gasteiger partial charge < -0.3 is 15.5 Å². The van der Waals surface area contributed by atoms with Gasteiger partial charge >= 0.3 is 0 Å². The van der Waals surface area contributed by atoms with Gasteiger partial charge in [0.15, 0.2) is 0 Å². The fraction of sp³-hybridized carbons (Fsp3) is 1.00. The van der Waals surface area contributed by atoms with Crippen LogP contribution in [0, 0.1) is 5.92 Å². The molecule has 2 N–H and O–H groups in total. The van der Waals surface area contributed by atoms with Crippen molar-refractivity contribution < 1.29 is 0 Å². The van der Waals surface area contributed by atoms with Crippen molar-refractivity contribution in [3.05, 3.63) is 0 Å². The van der Waals surface area contributed by atoms with E-state index in [1.165, 1.54) is 52.1 Å². The lowest BCUT2D eigenvalue weighted by atomic mass is 10.1. The quantitative estimate of drug-likeness (QED) is 0.703. The lowest BCUT2D eigenvalue weighted by Crippen LogP contribution is -2.48. The zero-order chi connectivity index (χ0) is 12.3. The molecule has 1 heterocycles. The van der Waals surface area contributed by atoms with Crippen molar-refractivity contribution in [1.29, 1.82) is 0 Å². The maximum absolute atomic E-state index is 5.88. The van der Waals surface area contributed by atoms with Crippen molar-refractivity contribution in [1.82, 2.24) is 14.7 Å². The summed E-state index contributed by atoms with van der Waals surface area (Å²) in [6, 6.07) is 0.627. The van der Waals surface area contributed by atoms with Crippen LogP contribution < -0.4 is 5.73 Å². The van der Waals surface area contributed by atoms with Crippen LogP contribution in [0.3, 0.4) is 0 Å². The molecule has 17 heavy (non-hydrogen) atoms. The van der Waals surface area contributed by atoms with E-state index < -0.39 is 0 Å². The summed E-state index contributed by atoms with van der Waals surface area (Å²) in [7, 11) is 4.45. The Bertz CT molecular complexity index is 221. The number of rotatable bonds is 6. The molecular weight excluding hydrogens is 212 g/mol. The zero-order valence-corrected chi connectivity index (χ0v) is 11.4. The smallest absolute Gasteiger partial charge is 0.0244 e. The molecule has 1 saturated carbocycles. The minimum Gasteiger partial charge on any atom is -0.329 e. The maximum Gasteiger partial charge on any atom is 0.0244 e. The lowest BCUT2D eigenvalue weighted by Gasteiger charge is -2.34. The van der Waals surface area contributed by atoms with E-state index in [9.17, 15) is 0 Å². The van der Waals surface area contributed by atoms with Crippen molar-refractivity contribution in [3.8, 4) is 0 Å². The van der Waals surface area contributed by atoms with E-state index in [2.05, 4.69) is 28.8 Å². The molecule has 2 fully saturated rings. The SMILES string of the molecule is CN1CCN(CCN(C)C(CN)C2CC2)CC1. The van der Waals surface area contributed by atoms with Crippen molar-refractivity contribution in [2.75, 3.05) is 59.9 Å². The third-order valence-electron chi connectivity index (χ3n) is 4.34. The molecule has 2 aliphatic rings. The largest absolute Gasteiger partial charge is 0.329 e. The molecule has 4 heteroatoms. The summed E-state index contributed by atoms with van der Waals surface area (Å²) in [6.07, 6.45) is 2.78. The molecule has 4 nitrogen and oxygen atoms in total. The first-order valence-electron chi connectivity index (χ1n) is 7.02. The predicted octanol–water partition coefficient (Wildman–Crippen LogP) is -0.0971. The summed E-state index contributed by atoms with van der Waals surface area (Å²) in [6.45, 7) is 8.07. The van der Waals surface area contributed by atoms with Crippen LogP contribution in [0.2, 0.25) is 0 Å². The van der Waals surface area contributed by atoms with Crippen LogP contribution >= 0.6 is 0 Å². The highest BCUT2D eigenvalue weighted by molar-refractivity contribution is 4.88. The van der Waals surface area contributed by atoms with Gasteiger partial charge in [-0.2, -0.15) is 0 Å². The van der Waals surface area contributed by atoms with Gasteiger partial charge in [0.25, 0.3) is 0 Å². The molecule has 0 aromatic rings. The fourth-order valence-corrected chi connectivity index (χ4v) is 2.75. The third kappa shape index (κ3) is 3.91. The molecule has 1 atom stereocenters. The van der Waals surface area contributed by atoms with Crippen molar-refractivity contribution in [2.45, 2.75) is 18.9 Å². The molecule has 1 saturated heterocycles. The standard InChI is InChI=1S/C13H28N4/c1-15-5-8-17(9-6-15)10-7-16(2)13(11-14)12-3-4-12/h12-13H,3-11,14H2,1-2H3. The van der Waals surface area contributed by atoms with Gasteiger partial charge in [0.2, 0.25) is 0 Å². The molecule has 0 bridgehead atoms. The monoisotopic (exact) mass is 240 g/mol. The minimum atomic E-state index is 0.627. The minimum absolute atomic E-state index is 0.627. The molecular formula is C13H28N4. The van der Waals surface area contributed by atoms with Crippen molar-refractivity contribution in [2.24, 2.45) is 11.7 Å². The van der Waals surface area contributed by atoms with E-state index in [1.54, 1.807) is 0 Å². The molecule has 2 rings (SSSR count). The second-order valence-electron chi connectivity index (χ2n) is 5.77. The van der Waals surface area contributed by atoms with Crippen LogP contribution in [0.15, 0.2) is 0 Å². The molecule has 0 amide bonds. The highest BCUT2D eigenvalue weighted by Crippen LogP contribution is 2.34. The number of piperazine rings is 1.